The summed E-state index contributed by atoms with van der Waals surface area (Å²) in [5, 5.41) is 0. The zero-order valence-electron chi connectivity index (χ0n) is 9.22. The summed E-state index contributed by atoms with van der Waals surface area (Å²) in [6.07, 6.45) is 6.02. The molecule has 2 heterocycles. The SMILES string of the molecule is Cn1c(C2CC2)nc(-c2cccnc2)c1N. The lowest BCUT2D eigenvalue weighted by Gasteiger charge is -2.00. The van der Waals surface area contributed by atoms with Crippen LogP contribution < -0.4 is 5.73 Å². The zero-order valence-corrected chi connectivity index (χ0v) is 9.22. The fourth-order valence-corrected chi connectivity index (χ4v) is 1.95. The highest BCUT2D eigenvalue weighted by Crippen LogP contribution is 2.41. The van der Waals surface area contributed by atoms with Crippen molar-refractivity contribution in [1.82, 2.24) is 14.5 Å². The van der Waals surface area contributed by atoms with Crippen molar-refractivity contribution in [1.29, 1.82) is 0 Å². The van der Waals surface area contributed by atoms with Crippen LogP contribution in [0.15, 0.2) is 24.5 Å². The van der Waals surface area contributed by atoms with Gasteiger partial charge in [-0.3, -0.25) is 4.98 Å². The third-order valence-electron chi connectivity index (χ3n) is 3.05. The van der Waals surface area contributed by atoms with Crippen LogP contribution in [0.2, 0.25) is 0 Å². The molecule has 2 N–H and O–H groups in total. The predicted molar refractivity (Wildman–Crippen MR) is 62.8 cm³/mol. The zero-order chi connectivity index (χ0) is 11.1. The van der Waals surface area contributed by atoms with E-state index in [-0.39, 0.29) is 0 Å². The Labute approximate surface area is 94.1 Å². The number of hydrogen-bond acceptors (Lipinski definition) is 3. The van der Waals surface area contributed by atoms with Crippen LogP contribution in [0.25, 0.3) is 11.3 Å². The van der Waals surface area contributed by atoms with E-state index in [4.69, 9.17) is 5.73 Å². The molecule has 0 unspecified atom stereocenters. The molecule has 82 valence electrons. The maximum absolute atomic E-state index is 6.07. The Morgan fingerprint density at radius 3 is 2.88 bits per heavy atom. The first-order valence-electron chi connectivity index (χ1n) is 5.50. The second kappa shape index (κ2) is 3.33. The first-order chi connectivity index (χ1) is 7.77. The minimum absolute atomic E-state index is 0.609. The van der Waals surface area contributed by atoms with Gasteiger partial charge in [-0.05, 0) is 25.0 Å². The molecule has 0 saturated heterocycles. The summed E-state index contributed by atoms with van der Waals surface area (Å²) in [7, 11) is 1.98. The minimum atomic E-state index is 0.609. The Morgan fingerprint density at radius 2 is 2.25 bits per heavy atom. The number of aromatic nitrogens is 3. The van der Waals surface area contributed by atoms with E-state index in [1.54, 1.807) is 12.4 Å². The molecular formula is C12H14N4. The number of rotatable bonds is 2. The van der Waals surface area contributed by atoms with Gasteiger partial charge >= 0.3 is 0 Å². The fourth-order valence-electron chi connectivity index (χ4n) is 1.95. The molecule has 1 aliphatic rings. The highest BCUT2D eigenvalue weighted by molar-refractivity contribution is 5.70. The monoisotopic (exact) mass is 214 g/mol. The van der Waals surface area contributed by atoms with Crippen molar-refractivity contribution in [3.63, 3.8) is 0 Å². The molecule has 0 amide bonds. The van der Waals surface area contributed by atoms with Crippen molar-refractivity contribution in [3.8, 4) is 11.3 Å². The Kier molecular flexibility index (Phi) is 1.96. The van der Waals surface area contributed by atoms with E-state index in [1.165, 1.54) is 12.8 Å². The summed E-state index contributed by atoms with van der Waals surface area (Å²) in [6, 6.07) is 3.89. The fraction of sp³-hybridized carbons (Fsp3) is 0.333. The van der Waals surface area contributed by atoms with Gasteiger partial charge in [0.25, 0.3) is 0 Å². The van der Waals surface area contributed by atoms with Gasteiger partial charge in [0, 0.05) is 30.9 Å². The average molecular weight is 214 g/mol. The van der Waals surface area contributed by atoms with Crippen LogP contribution in [0.3, 0.4) is 0 Å². The van der Waals surface area contributed by atoms with Crippen LogP contribution in [0, 0.1) is 0 Å². The first kappa shape index (κ1) is 9.39. The van der Waals surface area contributed by atoms with E-state index < -0.39 is 0 Å². The number of imidazole rings is 1. The van der Waals surface area contributed by atoms with Gasteiger partial charge in [0.15, 0.2) is 0 Å². The van der Waals surface area contributed by atoms with Crippen molar-refractivity contribution < 1.29 is 0 Å². The Balaban J connectivity index is 2.11. The van der Waals surface area contributed by atoms with Gasteiger partial charge in [-0.1, -0.05) is 0 Å². The van der Waals surface area contributed by atoms with Crippen LogP contribution in [0.5, 0.6) is 0 Å². The molecule has 0 radical (unpaired) electrons. The lowest BCUT2D eigenvalue weighted by molar-refractivity contribution is 0.807. The normalized spacial score (nSPS) is 15.3. The standard InChI is InChI=1S/C12H14N4/c1-16-11(13)10(9-3-2-6-14-7-9)15-12(16)8-4-5-8/h2-3,6-8H,4-5,13H2,1H3. The van der Waals surface area contributed by atoms with Crippen molar-refractivity contribution in [2.24, 2.45) is 7.05 Å². The van der Waals surface area contributed by atoms with Gasteiger partial charge in [-0.2, -0.15) is 0 Å². The molecule has 0 aromatic carbocycles. The summed E-state index contributed by atoms with van der Waals surface area (Å²) in [5.41, 5.74) is 7.92. The molecule has 1 saturated carbocycles. The van der Waals surface area contributed by atoms with Crippen molar-refractivity contribution >= 4 is 5.82 Å². The van der Waals surface area contributed by atoms with Gasteiger partial charge < -0.3 is 10.3 Å². The number of hydrogen-bond donors (Lipinski definition) is 1. The first-order valence-corrected chi connectivity index (χ1v) is 5.50. The van der Waals surface area contributed by atoms with Gasteiger partial charge in [0.05, 0.1) is 0 Å². The summed E-state index contributed by atoms with van der Waals surface area (Å²) in [4.78, 5) is 8.74. The van der Waals surface area contributed by atoms with E-state index >= 15 is 0 Å². The molecule has 2 aromatic heterocycles. The van der Waals surface area contributed by atoms with Crippen LogP contribution in [0.1, 0.15) is 24.6 Å². The van der Waals surface area contributed by atoms with Gasteiger partial charge in [0.2, 0.25) is 0 Å². The number of nitrogen functional groups attached to an aromatic ring is 1. The molecule has 0 aliphatic heterocycles. The number of nitrogens with zero attached hydrogens (tertiary/aromatic N) is 3. The minimum Gasteiger partial charge on any atom is -0.383 e. The van der Waals surface area contributed by atoms with Crippen molar-refractivity contribution in [2.75, 3.05) is 5.73 Å². The third kappa shape index (κ3) is 1.38. The lowest BCUT2D eigenvalue weighted by atomic mass is 10.2. The van der Waals surface area contributed by atoms with Crippen molar-refractivity contribution in [2.45, 2.75) is 18.8 Å². The molecule has 0 atom stereocenters. The van der Waals surface area contributed by atoms with E-state index in [1.807, 2.05) is 23.7 Å². The molecule has 0 bridgehead atoms. The topological polar surface area (TPSA) is 56.7 Å². The maximum Gasteiger partial charge on any atom is 0.131 e. The molecule has 1 aliphatic carbocycles. The smallest absolute Gasteiger partial charge is 0.131 e. The summed E-state index contributed by atoms with van der Waals surface area (Å²) in [5.74, 6) is 2.45. The molecular weight excluding hydrogens is 200 g/mol. The third-order valence-corrected chi connectivity index (χ3v) is 3.05. The Morgan fingerprint density at radius 1 is 1.44 bits per heavy atom. The molecule has 1 fully saturated rings. The molecule has 2 aromatic rings. The number of anilines is 1. The highest BCUT2D eigenvalue weighted by Gasteiger charge is 2.29. The molecule has 4 nitrogen and oxygen atoms in total. The quantitative estimate of drug-likeness (QED) is 0.831. The number of pyridine rings is 1. The van der Waals surface area contributed by atoms with Crippen LogP contribution in [0.4, 0.5) is 5.82 Å². The van der Waals surface area contributed by atoms with Crippen LogP contribution in [-0.2, 0) is 7.05 Å². The van der Waals surface area contributed by atoms with E-state index in [2.05, 4.69) is 9.97 Å². The Bertz CT molecular complexity index is 511. The Hall–Kier alpha value is -1.84. The second-order valence-electron chi connectivity index (χ2n) is 4.28. The second-order valence-corrected chi connectivity index (χ2v) is 4.28. The van der Waals surface area contributed by atoms with E-state index in [0.29, 0.717) is 5.92 Å². The average Bonchev–Trinajstić information content (AvgIpc) is 3.10. The number of nitrogens with two attached hydrogens (primary N) is 1. The molecule has 4 heteroatoms. The van der Waals surface area contributed by atoms with Gasteiger partial charge in [-0.15, -0.1) is 0 Å². The summed E-state index contributed by atoms with van der Waals surface area (Å²) in [6.45, 7) is 0. The molecule has 0 spiro atoms. The van der Waals surface area contributed by atoms with Gasteiger partial charge in [-0.25, -0.2) is 4.98 Å². The largest absolute Gasteiger partial charge is 0.383 e. The molecule has 3 rings (SSSR count). The summed E-state index contributed by atoms with van der Waals surface area (Å²) < 4.78 is 2.00. The summed E-state index contributed by atoms with van der Waals surface area (Å²) >= 11 is 0. The van der Waals surface area contributed by atoms with Crippen molar-refractivity contribution in [3.05, 3.63) is 30.4 Å². The molecule has 16 heavy (non-hydrogen) atoms. The lowest BCUT2D eigenvalue weighted by Crippen LogP contribution is -2.00. The van der Waals surface area contributed by atoms with Crippen LogP contribution in [-0.4, -0.2) is 14.5 Å². The van der Waals surface area contributed by atoms with E-state index in [0.717, 1.165) is 22.9 Å². The van der Waals surface area contributed by atoms with Crippen LogP contribution >= 0.6 is 0 Å². The van der Waals surface area contributed by atoms with Gasteiger partial charge in [0.1, 0.15) is 17.3 Å². The predicted octanol–water partition coefficient (Wildman–Crippen LogP) is 1.94. The van der Waals surface area contributed by atoms with E-state index in [9.17, 15) is 0 Å². The highest BCUT2D eigenvalue weighted by atomic mass is 15.1. The maximum atomic E-state index is 6.07.